The minimum Gasteiger partial charge on any atom is -0.497 e. The fourth-order valence-electron chi connectivity index (χ4n) is 1.89. The smallest absolute Gasteiger partial charge is 0.319 e. The number of aromatic nitrogens is 3. The number of benzene rings is 1. The predicted molar refractivity (Wildman–Crippen MR) is 73.6 cm³/mol. The van der Waals surface area contributed by atoms with E-state index in [2.05, 4.69) is 15.2 Å². The van der Waals surface area contributed by atoms with Gasteiger partial charge in [0.1, 0.15) is 11.0 Å². The van der Waals surface area contributed by atoms with Gasteiger partial charge in [0.2, 0.25) is 5.16 Å². The van der Waals surface area contributed by atoms with Crippen LogP contribution in [0.5, 0.6) is 5.75 Å². The summed E-state index contributed by atoms with van der Waals surface area (Å²) < 4.78 is 10.0. The van der Waals surface area contributed by atoms with E-state index in [1.54, 1.807) is 7.11 Å². The summed E-state index contributed by atoms with van der Waals surface area (Å²) in [7, 11) is 1.62. The van der Waals surface area contributed by atoms with Crippen LogP contribution in [0, 0.1) is 0 Å². The Balaban J connectivity index is 1.73. The number of esters is 1. The topological polar surface area (TPSA) is 77.1 Å². The molecule has 1 saturated heterocycles. The number of ether oxygens (including phenoxy) is 2. The third-order valence-electron chi connectivity index (χ3n) is 2.96. The van der Waals surface area contributed by atoms with E-state index < -0.39 is 0 Å². The molecule has 7 heteroatoms. The lowest BCUT2D eigenvalue weighted by Gasteiger charge is -2.00. The van der Waals surface area contributed by atoms with Crippen molar-refractivity contribution >= 4 is 17.7 Å². The maximum Gasteiger partial charge on any atom is 0.319 e. The molecule has 2 heterocycles. The highest BCUT2D eigenvalue weighted by Gasteiger charge is 2.28. The molecule has 1 N–H and O–H groups in total. The van der Waals surface area contributed by atoms with Crippen LogP contribution in [0.2, 0.25) is 0 Å². The molecule has 3 rings (SSSR count). The molecule has 0 radical (unpaired) electrons. The standard InChI is InChI=1S/C13H13N3O3S/c1-18-9-4-2-8(3-5-9)11-14-13(16-15-11)20-10-6-7-19-12(10)17/h2-5,10H,6-7H2,1H3,(H,14,15,16)/t10-/m0/s1. The summed E-state index contributed by atoms with van der Waals surface area (Å²) in [4.78, 5) is 15.8. The summed E-state index contributed by atoms with van der Waals surface area (Å²) in [5, 5.41) is 7.35. The van der Waals surface area contributed by atoms with Crippen LogP contribution >= 0.6 is 11.8 Å². The second kappa shape index (κ2) is 5.54. The molecule has 1 aromatic carbocycles. The molecule has 20 heavy (non-hydrogen) atoms. The van der Waals surface area contributed by atoms with Crippen molar-refractivity contribution in [3.63, 3.8) is 0 Å². The van der Waals surface area contributed by atoms with Gasteiger partial charge in [-0.3, -0.25) is 9.89 Å². The zero-order valence-electron chi connectivity index (χ0n) is 10.8. The minimum absolute atomic E-state index is 0.189. The zero-order valence-corrected chi connectivity index (χ0v) is 11.6. The van der Waals surface area contributed by atoms with Crippen molar-refractivity contribution < 1.29 is 14.3 Å². The fourth-order valence-corrected chi connectivity index (χ4v) is 2.76. The number of nitrogens with one attached hydrogen (secondary N) is 1. The quantitative estimate of drug-likeness (QED) is 0.867. The Hall–Kier alpha value is -2.02. The average Bonchev–Trinajstić information content (AvgIpc) is 3.10. The van der Waals surface area contributed by atoms with Crippen molar-refractivity contribution in [1.82, 2.24) is 15.2 Å². The summed E-state index contributed by atoms with van der Waals surface area (Å²) in [6.07, 6.45) is 0.704. The van der Waals surface area contributed by atoms with E-state index in [0.717, 1.165) is 11.3 Å². The maximum absolute atomic E-state index is 11.4. The molecular formula is C13H13N3O3S. The summed E-state index contributed by atoms with van der Waals surface area (Å²) >= 11 is 1.33. The number of rotatable bonds is 4. The fraction of sp³-hybridized carbons (Fsp3) is 0.308. The number of nitrogens with zero attached hydrogens (tertiary/aromatic N) is 2. The lowest BCUT2D eigenvalue weighted by atomic mass is 10.2. The van der Waals surface area contributed by atoms with Gasteiger partial charge >= 0.3 is 5.97 Å². The molecular weight excluding hydrogens is 278 g/mol. The Morgan fingerprint density at radius 2 is 2.20 bits per heavy atom. The Labute approximate surface area is 119 Å². The summed E-state index contributed by atoms with van der Waals surface area (Å²) in [5.41, 5.74) is 0.916. The first-order valence-corrected chi connectivity index (χ1v) is 7.04. The number of methoxy groups -OCH3 is 1. The summed E-state index contributed by atoms with van der Waals surface area (Å²) in [5.74, 6) is 1.27. The zero-order chi connectivity index (χ0) is 13.9. The number of thioether (sulfide) groups is 1. The van der Waals surface area contributed by atoms with Gasteiger partial charge in [-0.15, -0.1) is 5.10 Å². The number of aromatic amines is 1. The van der Waals surface area contributed by atoms with Crippen LogP contribution in [0.1, 0.15) is 6.42 Å². The van der Waals surface area contributed by atoms with E-state index in [9.17, 15) is 4.79 Å². The van der Waals surface area contributed by atoms with E-state index >= 15 is 0 Å². The normalized spacial score (nSPS) is 18.1. The summed E-state index contributed by atoms with van der Waals surface area (Å²) in [6.45, 7) is 0.478. The van der Waals surface area contributed by atoms with E-state index in [0.29, 0.717) is 24.0 Å². The monoisotopic (exact) mass is 291 g/mol. The molecule has 104 valence electrons. The van der Waals surface area contributed by atoms with Crippen molar-refractivity contribution in [1.29, 1.82) is 0 Å². The first-order chi connectivity index (χ1) is 9.76. The predicted octanol–water partition coefficient (Wildman–Crippen LogP) is 1.89. The van der Waals surface area contributed by atoms with Crippen LogP contribution in [-0.2, 0) is 9.53 Å². The molecule has 2 aromatic rings. The summed E-state index contributed by atoms with van der Waals surface area (Å²) in [6, 6.07) is 7.52. The van der Waals surface area contributed by atoms with Crippen LogP contribution in [0.4, 0.5) is 0 Å². The van der Waals surface area contributed by atoms with Gasteiger partial charge in [-0.25, -0.2) is 4.98 Å². The Morgan fingerprint density at radius 1 is 1.40 bits per heavy atom. The molecule has 0 aliphatic carbocycles. The van der Waals surface area contributed by atoms with E-state index in [1.807, 2.05) is 24.3 Å². The highest BCUT2D eigenvalue weighted by molar-refractivity contribution is 8.00. The first-order valence-electron chi connectivity index (χ1n) is 6.16. The highest BCUT2D eigenvalue weighted by atomic mass is 32.2. The van der Waals surface area contributed by atoms with Crippen LogP contribution in [0.25, 0.3) is 11.4 Å². The van der Waals surface area contributed by atoms with Gasteiger partial charge in [0.05, 0.1) is 13.7 Å². The van der Waals surface area contributed by atoms with Crippen molar-refractivity contribution in [2.24, 2.45) is 0 Å². The molecule has 0 saturated carbocycles. The van der Waals surface area contributed by atoms with Crippen molar-refractivity contribution in [3.8, 4) is 17.1 Å². The van der Waals surface area contributed by atoms with E-state index in [4.69, 9.17) is 9.47 Å². The van der Waals surface area contributed by atoms with Crippen LogP contribution in [-0.4, -0.2) is 40.1 Å². The van der Waals surface area contributed by atoms with Gasteiger partial charge in [0, 0.05) is 12.0 Å². The first kappa shape index (κ1) is 13.0. The van der Waals surface area contributed by atoms with Gasteiger partial charge < -0.3 is 9.47 Å². The third kappa shape index (κ3) is 2.62. The van der Waals surface area contributed by atoms with Crippen LogP contribution in [0.3, 0.4) is 0 Å². The molecule has 0 bridgehead atoms. The maximum atomic E-state index is 11.4. The average molecular weight is 291 g/mol. The van der Waals surface area contributed by atoms with Gasteiger partial charge in [0.25, 0.3) is 0 Å². The van der Waals surface area contributed by atoms with Gasteiger partial charge in [-0.05, 0) is 24.3 Å². The van der Waals surface area contributed by atoms with Crippen molar-refractivity contribution in [2.45, 2.75) is 16.8 Å². The SMILES string of the molecule is COc1ccc(-c2nc(S[C@H]3CCOC3=O)n[nH]2)cc1. The Bertz CT molecular complexity index is 612. The van der Waals surface area contributed by atoms with Gasteiger partial charge in [0.15, 0.2) is 5.82 Å². The lowest BCUT2D eigenvalue weighted by Crippen LogP contribution is -2.09. The number of cyclic esters (lactones) is 1. The largest absolute Gasteiger partial charge is 0.497 e. The van der Waals surface area contributed by atoms with Gasteiger partial charge in [-0.2, -0.15) is 0 Å². The molecule has 1 aromatic heterocycles. The van der Waals surface area contributed by atoms with E-state index in [-0.39, 0.29) is 11.2 Å². The molecule has 0 unspecified atom stereocenters. The number of carbonyl (C=O) groups excluding carboxylic acids is 1. The van der Waals surface area contributed by atoms with Crippen LogP contribution < -0.4 is 4.74 Å². The molecule has 1 aliphatic rings. The lowest BCUT2D eigenvalue weighted by molar-refractivity contribution is -0.137. The molecule has 0 spiro atoms. The van der Waals surface area contributed by atoms with Crippen molar-refractivity contribution in [3.05, 3.63) is 24.3 Å². The molecule has 1 atom stereocenters. The number of hydrogen-bond acceptors (Lipinski definition) is 6. The molecule has 1 fully saturated rings. The second-order valence-electron chi connectivity index (χ2n) is 4.26. The minimum atomic E-state index is -0.200. The van der Waals surface area contributed by atoms with E-state index in [1.165, 1.54) is 11.8 Å². The third-order valence-corrected chi connectivity index (χ3v) is 4.07. The molecule has 6 nitrogen and oxygen atoms in total. The van der Waals surface area contributed by atoms with Crippen LogP contribution in [0.15, 0.2) is 29.4 Å². The van der Waals surface area contributed by atoms with Gasteiger partial charge in [-0.1, -0.05) is 11.8 Å². The Kier molecular flexibility index (Phi) is 3.60. The number of H-pyrrole nitrogens is 1. The number of carbonyl (C=O) groups is 1. The highest BCUT2D eigenvalue weighted by Crippen LogP contribution is 2.28. The molecule has 0 amide bonds. The second-order valence-corrected chi connectivity index (χ2v) is 5.43. The Morgan fingerprint density at radius 3 is 2.85 bits per heavy atom. The number of hydrogen-bond donors (Lipinski definition) is 1. The molecule has 1 aliphatic heterocycles. The van der Waals surface area contributed by atoms with Crippen molar-refractivity contribution in [2.75, 3.05) is 13.7 Å².